The number of allylic oxidation sites excluding steroid dienone is 2. The second-order valence-electron chi connectivity index (χ2n) is 10.3. The summed E-state index contributed by atoms with van der Waals surface area (Å²) in [6.45, 7) is 4.26. The van der Waals surface area contributed by atoms with Gasteiger partial charge in [-0.1, -0.05) is 42.5 Å². The minimum absolute atomic E-state index is 0.0817. The summed E-state index contributed by atoms with van der Waals surface area (Å²) in [6, 6.07) is 12.9. The summed E-state index contributed by atoms with van der Waals surface area (Å²) >= 11 is 0. The van der Waals surface area contributed by atoms with Crippen LogP contribution in [-0.2, 0) is 6.42 Å². The van der Waals surface area contributed by atoms with E-state index < -0.39 is 0 Å². The highest BCUT2D eigenvalue weighted by atomic mass is 19.1. The number of carbonyl (C=O) groups excluding carboxylic acids is 1. The number of carbonyl (C=O) groups is 1. The van der Waals surface area contributed by atoms with Crippen molar-refractivity contribution >= 4 is 17.3 Å². The van der Waals surface area contributed by atoms with Gasteiger partial charge < -0.3 is 15.1 Å². The molecule has 4 atom stereocenters. The van der Waals surface area contributed by atoms with Crippen LogP contribution in [0.3, 0.4) is 0 Å². The highest BCUT2D eigenvalue weighted by Crippen LogP contribution is 2.43. The van der Waals surface area contributed by atoms with Crippen LogP contribution in [0.2, 0.25) is 0 Å². The summed E-state index contributed by atoms with van der Waals surface area (Å²) in [5, 5.41) is 3.06. The lowest BCUT2D eigenvalue weighted by Gasteiger charge is -2.29. The zero-order valence-corrected chi connectivity index (χ0v) is 19.5. The first-order chi connectivity index (χ1) is 16.7. The fourth-order valence-electron chi connectivity index (χ4n) is 6.44. The Labute approximate surface area is 201 Å². The fraction of sp³-hybridized carbons (Fsp3) is 0.414. The molecule has 1 amide bonds. The second-order valence-corrected chi connectivity index (χ2v) is 10.3. The van der Waals surface area contributed by atoms with Gasteiger partial charge in [0.15, 0.2) is 0 Å². The molecule has 0 spiro atoms. The van der Waals surface area contributed by atoms with Gasteiger partial charge in [0.2, 0.25) is 0 Å². The number of nitrogens with one attached hydrogen (secondary N) is 1. The van der Waals surface area contributed by atoms with Crippen molar-refractivity contribution in [3.8, 4) is 0 Å². The molecule has 2 aliphatic heterocycles. The molecule has 34 heavy (non-hydrogen) atoms. The SMILES string of the molecule is O=C(NCCc1c(N2CC3C=CCC3C2)ccc(F)c1N1CC2C=CCC2C1)c1ccccc1. The molecule has 0 aromatic heterocycles. The van der Waals surface area contributed by atoms with Crippen molar-refractivity contribution in [2.75, 3.05) is 42.5 Å². The van der Waals surface area contributed by atoms with Gasteiger partial charge in [0.05, 0.1) is 5.69 Å². The molecule has 6 rings (SSSR count). The quantitative estimate of drug-likeness (QED) is 0.632. The second kappa shape index (κ2) is 8.94. The number of rotatable bonds is 6. The summed E-state index contributed by atoms with van der Waals surface area (Å²) in [7, 11) is 0. The predicted molar refractivity (Wildman–Crippen MR) is 135 cm³/mol. The molecule has 4 aliphatic rings. The minimum atomic E-state index is -0.142. The topological polar surface area (TPSA) is 35.6 Å². The molecule has 2 saturated heterocycles. The van der Waals surface area contributed by atoms with E-state index in [1.54, 1.807) is 6.07 Å². The van der Waals surface area contributed by atoms with Crippen molar-refractivity contribution in [1.82, 2.24) is 5.32 Å². The molecule has 2 aromatic carbocycles. The van der Waals surface area contributed by atoms with Crippen molar-refractivity contribution in [2.45, 2.75) is 19.3 Å². The van der Waals surface area contributed by atoms with Crippen molar-refractivity contribution in [3.63, 3.8) is 0 Å². The lowest BCUT2D eigenvalue weighted by Crippen LogP contribution is -2.30. The first-order valence-electron chi connectivity index (χ1n) is 12.6. The van der Waals surface area contributed by atoms with E-state index in [2.05, 4.69) is 39.4 Å². The van der Waals surface area contributed by atoms with Gasteiger partial charge in [-0.2, -0.15) is 0 Å². The molecule has 2 aromatic rings. The number of anilines is 2. The van der Waals surface area contributed by atoms with Gasteiger partial charge in [0.25, 0.3) is 5.91 Å². The van der Waals surface area contributed by atoms with Crippen LogP contribution in [0.5, 0.6) is 0 Å². The first-order valence-corrected chi connectivity index (χ1v) is 12.6. The van der Waals surface area contributed by atoms with Crippen LogP contribution < -0.4 is 15.1 Å². The number of amides is 1. The largest absolute Gasteiger partial charge is 0.370 e. The van der Waals surface area contributed by atoms with Crippen LogP contribution in [-0.4, -0.2) is 38.6 Å². The molecular formula is C29H32FN3O. The zero-order chi connectivity index (χ0) is 23.1. The molecule has 176 valence electrons. The lowest BCUT2D eigenvalue weighted by molar-refractivity contribution is 0.0954. The van der Waals surface area contributed by atoms with E-state index in [-0.39, 0.29) is 11.7 Å². The Bertz CT molecular complexity index is 1130. The Hall–Kier alpha value is -3.08. The number of benzene rings is 2. The lowest BCUT2D eigenvalue weighted by atomic mass is 10.0. The molecule has 0 radical (unpaired) electrons. The molecule has 0 bridgehead atoms. The van der Waals surface area contributed by atoms with E-state index in [4.69, 9.17) is 0 Å². The monoisotopic (exact) mass is 457 g/mol. The molecule has 4 unspecified atom stereocenters. The van der Waals surface area contributed by atoms with Crippen molar-refractivity contribution in [1.29, 1.82) is 0 Å². The van der Waals surface area contributed by atoms with E-state index in [1.807, 2.05) is 36.4 Å². The maximum atomic E-state index is 15.4. The van der Waals surface area contributed by atoms with Crippen LogP contribution in [0.4, 0.5) is 15.8 Å². The summed E-state index contributed by atoms with van der Waals surface area (Å²) in [5.74, 6) is 2.14. The van der Waals surface area contributed by atoms with Gasteiger partial charge in [-0.25, -0.2) is 4.39 Å². The smallest absolute Gasteiger partial charge is 0.251 e. The molecule has 2 aliphatic carbocycles. The standard InChI is InChI=1S/C29H32FN3O/c30-26-12-13-27(32-16-21-8-4-9-22(21)17-32)25(14-15-31-29(34)20-6-2-1-3-7-20)28(26)33-18-23-10-5-11-24(23)19-33/h1-8,10,12-13,21-24H,9,11,14-19H2,(H,31,34). The number of hydrogen-bond donors (Lipinski definition) is 1. The third kappa shape index (κ3) is 3.91. The van der Waals surface area contributed by atoms with E-state index in [0.717, 1.165) is 56.0 Å². The van der Waals surface area contributed by atoms with Crippen molar-refractivity contribution in [3.05, 3.63) is 83.7 Å². The average molecular weight is 458 g/mol. The first kappa shape index (κ1) is 21.5. The Morgan fingerprint density at radius 2 is 1.56 bits per heavy atom. The number of hydrogen-bond acceptors (Lipinski definition) is 3. The highest BCUT2D eigenvalue weighted by molar-refractivity contribution is 5.94. The summed E-state index contributed by atoms with van der Waals surface area (Å²) < 4.78 is 15.4. The van der Waals surface area contributed by atoms with E-state index in [0.29, 0.717) is 42.2 Å². The third-order valence-electron chi connectivity index (χ3n) is 8.19. The zero-order valence-electron chi connectivity index (χ0n) is 19.5. The van der Waals surface area contributed by atoms with Gasteiger partial charge in [-0.3, -0.25) is 4.79 Å². The number of fused-ring (bicyclic) bond motifs is 2. The molecule has 1 N–H and O–H groups in total. The Balaban J connectivity index is 1.28. The van der Waals surface area contributed by atoms with Gasteiger partial charge in [0.1, 0.15) is 5.82 Å². The molecule has 2 fully saturated rings. The van der Waals surface area contributed by atoms with Crippen LogP contribution >= 0.6 is 0 Å². The Morgan fingerprint density at radius 3 is 2.26 bits per heavy atom. The average Bonchev–Trinajstić information content (AvgIpc) is 3.61. The maximum absolute atomic E-state index is 15.4. The Morgan fingerprint density at radius 1 is 0.882 bits per heavy atom. The van der Waals surface area contributed by atoms with Gasteiger partial charge in [-0.05, 0) is 67.2 Å². The third-order valence-corrected chi connectivity index (χ3v) is 8.19. The van der Waals surface area contributed by atoms with Crippen LogP contribution in [0.1, 0.15) is 28.8 Å². The number of halogens is 1. The van der Waals surface area contributed by atoms with E-state index >= 15 is 4.39 Å². The molecule has 5 heteroatoms. The van der Waals surface area contributed by atoms with E-state index in [9.17, 15) is 4.79 Å². The van der Waals surface area contributed by atoms with Gasteiger partial charge >= 0.3 is 0 Å². The molecule has 2 heterocycles. The van der Waals surface area contributed by atoms with Crippen molar-refractivity contribution < 1.29 is 9.18 Å². The minimum Gasteiger partial charge on any atom is -0.370 e. The molecule has 4 nitrogen and oxygen atoms in total. The van der Waals surface area contributed by atoms with E-state index in [1.165, 1.54) is 0 Å². The van der Waals surface area contributed by atoms with Gasteiger partial charge in [-0.15, -0.1) is 0 Å². The maximum Gasteiger partial charge on any atom is 0.251 e. The number of nitrogens with zero attached hydrogens (tertiary/aromatic N) is 2. The van der Waals surface area contributed by atoms with Crippen molar-refractivity contribution in [2.24, 2.45) is 23.7 Å². The summed E-state index contributed by atoms with van der Waals surface area (Å²) in [4.78, 5) is 17.3. The molecular weight excluding hydrogens is 425 g/mol. The summed E-state index contributed by atoms with van der Waals surface area (Å²) in [6.07, 6.45) is 12.1. The normalized spacial score (nSPS) is 26.9. The molecule has 0 saturated carbocycles. The Kier molecular flexibility index (Phi) is 5.64. The highest BCUT2D eigenvalue weighted by Gasteiger charge is 2.38. The predicted octanol–water partition coefficient (Wildman–Crippen LogP) is 4.82. The van der Waals surface area contributed by atoms with Gasteiger partial charge in [0, 0.05) is 49.5 Å². The van der Waals surface area contributed by atoms with Crippen LogP contribution in [0.15, 0.2) is 66.8 Å². The van der Waals surface area contributed by atoms with Crippen LogP contribution in [0.25, 0.3) is 0 Å². The summed E-state index contributed by atoms with van der Waals surface area (Å²) in [5.41, 5.74) is 3.59. The van der Waals surface area contributed by atoms with Crippen LogP contribution in [0, 0.1) is 29.5 Å². The fourth-order valence-corrected chi connectivity index (χ4v) is 6.44.